The van der Waals surface area contributed by atoms with Crippen LogP contribution in [-0.2, 0) is 19.3 Å². The van der Waals surface area contributed by atoms with Crippen molar-refractivity contribution in [2.24, 2.45) is 0 Å². The second-order valence-corrected chi connectivity index (χ2v) is 5.60. The molecule has 0 bridgehead atoms. The van der Waals surface area contributed by atoms with Gasteiger partial charge >= 0.3 is 6.18 Å². The first-order valence-electron chi connectivity index (χ1n) is 7.34. The summed E-state index contributed by atoms with van der Waals surface area (Å²) in [7, 11) is 0. The Morgan fingerprint density at radius 2 is 1.92 bits per heavy atom. The molecular formula is C17H14ClF3N2O. The van der Waals surface area contributed by atoms with Gasteiger partial charge in [-0.2, -0.15) is 13.2 Å². The molecule has 2 aromatic carbocycles. The number of para-hydroxylation sites is 1. The predicted octanol–water partition coefficient (Wildman–Crippen LogP) is 5.31. The predicted molar refractivity (Wildman–Crippen MR) is 86.2 cm³/mol. The number of ether oxygens (including phenoxy) is 1. The zero-order valence-electron chi connectivity index (χ0n) is 12.8. The number of aromatic nitrogens is 2. The summed E-state index contributed by atoms with van der Waals surface area (Å²) >= 11 is 6.04. The fourth-order valence-corrected chi connectivity index (χ4v) is 2.71. The third kappa shape index (κ3) is 3.19. The molecule has 7 heteroatoms. The standard InChI is InChI=1S/C17H14ClF3N2O/c1-2-23-14-8-7-11(17(19,20)21)9-13(14)22-16(23)10-24-15-6-4-3-5-12(15)18/h3-9H,2,10H2,1H3. The van der Waals surface area contributed by atoms with E-state index in [1.807, 2.05) is 11.5 Å². The summed E-state index contributed by atoms with van der Waals surface area (Å²) < 4.78 is 46.0. The van der Waals surface area contributed by atoms with E-state index in [0.29, 0.717) is 34.2 Å². The van der Waals surface area contributed by atoms with Crippen LogP contribution in [-0.4, -0.2) is 9.55 Å². The maximum absolute atomic E-state index is 12.8. The van der Waals surface area contributed by atoms with Crippen LogP contribution in [0.1, 0.15) is 18.3 Å². The van der Waals surface area contributed by atoms with E-state index in [-0.39, 0.29) is 6.61 Å². The smallest absolute Gasteiger partial charge is 0.416 e. The summed E-state index contributed by atoms with van der Waals surface area (Å²) in [6.07, 6.45) is -4.39. The van der Waals surface area contributed by atoms with Crippen LogP contribution in [0, 0.1) is 0 Å². The topological polar surface area (TPSA) is 27.1 Å². The molecule has 3 rings (SSSR count). The highest BCUT2D eigenvalue weighted by atomic mass is 35.5. The number of alkyl halides is 3. The average molecular weight is 355 g/mol. The van der Waals surface area contributed by atoms with Crippen molar-refractivity contribution in [3.05, 3.63) is 58.9 Å². The van der Waals surface area contributed by atoms with Crippen molar-refractivity contribution < 1.29 is 17.9 Å². The number of halogens is 4. The van der Waals surface area contributed by atoms with Crippen LogP contribution in [0.15, 0.2) is 42.5 Å². The summed E-state index contributed by atoms with van der Waals surface area (Å²) in [6, 6.07) is 10.6. The van der Waals surface area contributed by atoms with Crippen molar-refractivity contribution in [1.82, 2.24) is 9.55 Å². The maximum atomic E-state index is 12.8. The van der Waals surface area contributed by atoms with Gasteiger partial charge in [0.05, 0.1) is 21.6 Å². The highest BCUT2D eigenvalue weighted by Crippen LogP contribution is 2.32. The van der Waals surface area contributed by atoms with Crippen LogP contribution in [0.2, 0.25) is 5.02 Å². The minimum absolute atomic E-state index is 0.119. The fourth-order valence-electron chi connectivity index (χ4n) is 2.52. The fraction of sp³-hybridized carbons (Fsp3) is 0.235. The van der Waals surface area contributed by atoms with Crippen LogP contribution in [0.5, 0.6) is 5.75 Å². The van der Waals surface area contributed by atoms with Crippen molar-refractivity contribution >= 4 is 22.6 Å². The molecule has 0 amide bonds. The summed E-state index contributed by atoms with van der Waals surface area (Å²) in [5.41, 5.74) is 0.224. The van der Waals surface area contributed by atoms with Crippen molar-refractivity contribution in [3.8, 4) is 5.75 Å². The molecule has 1 aromatic heterocycles. The van der Waals surface area contributed by atoms with E-state index in [2.05, 4.69) is 4.98 Å². The summed E-state index contributed by atoms with van der Waals surface area (Å²) in [6.45, 7) is 2.59. The Hall–Kier alpha value is -2.21. The normalized spacial score (nSPS) is 11.9. The minimum Gasteiger partial charge on any atom is -0.484 e. The van der Waals surface area contributed by atoms with Gasteiger partial charge in [0.15, 0.2) is 0 Å². The van der Waals surface area contributed by atoms with Gasteiger partial charge in [0, 0.05) is 6.54 Å². The maximum Gasteiger partial charge on any atom is 0.416 e. The lowest BCUT2D eigenvalue weighted by Crippen LogP contribution is -2.06. The van der Waals surface area contributed by atoms with Gasteiger partial charge in [0.25, 0.3) is 0 Å². The summed E-state index contributed by atoms with van der Waals surface area (Å²) in [4.78, 5) is 4.30. The van der Waals surface area contributed by atoms with Crippen LogP contribution in [0.25, 0.3) is 11.0 Å². The SMILES string of the molecule is CCn1c(COc2ccccc2Cl)nc2cc(C(F)(F)F)ccc21. The quantitative estimate of drug-likeness (QED) is 0.635. The lowest BCUT2D eigenvalue weighted by atomic mass is 10.2. The zero-order chi connectivity index (χ0) is 17.3. The van der Waals surface area contributed by atoms with Crippen LogP contribution < -0.4 is 4.74 Å². The monoisotopic (exact) mass is 354 g/mol. The largest absolute Gasteiger partial charge is 0.484 e. The Morgan fingerprint density at radius 3 is 2.58 bits per heavy atom. The van der Waals surface area contributed by atoms with E-state index in [1.165, 1.54) is 6.07 Å². The van der Waals surface area contributed by atoms with E-state index in [0.717, 1.165) is 12.1 Å². The molecule has 0 aliphatic heterocycles. The molecule has 0 fully saturated rings. The van der Waals surface area contributed by atoms with E-state index >= 15 is 0 Å². The molecule has 24 heavy (non-hydrogen) atoms. The Balaban J connectivity index is 1.94. The first kappa shape index (κ1) is 16.6. The molecule has 0 aliphatic carbocycles. The average Bonchev–Trinajstić information content (AvgIpc) is 2.89. The molecule has 0 unspecified atom stereocenters. The first-order valence-corrected chi connectivity index (χ1v) is 7.71. The van der Waals surface area contributed by atoms with Crippen molar-refractivity contribution in [2.75, 3.05) is 0 Å². The molecule has 0 N–H and O–H groups in total. The molecule has 3 nitrogen and oxygen atoms in total. The molecule has 0 atom stereocenters. The Labute approximate surface area is 141 Å². The van der Waals surface area contributed by atoms with Gasteiger partial charge in [0.1, 0.15) is 18.2 Å². The van der Waals surface area contributed by atoms with E-state index < -0.39 is 11.7 Å². The lowest BCUT2D eigenvalue weighted by molar-refractivity contribution is -0.137. The Bertz CT molecular complexity index is 874. The van der Waals surface area contributed by atoms with Gasteiger partial charge in [-0.25, -0.2) is 4.98 Å². The highest BCUT2D eigenvalue weighted by Gasteiger charge is 2.31. The summed E-state index contributed by atoms with van der Waals surface area (Å²) in [5.74, 6) is 1.05. The van der Waals surface area contributed by atoms with Gasteiger partial charge in [-0.15, -0.1) is 0 Å². The Morgan fingerprint density at radius 1 is 1.17 bits per heavy atom. The second-order valence-electron chi connectivity index (χ2n) is 5.19. The number of imidazole rings is 1. The number of rotatable bonds is 4. The van der Waals surface area contributed by atoms with E-state index in [4.69, 9.17) is 16.3 Å². The number of fused-ring (bicyclic) bond motifs is 1. The highest BCUT2D eigenvalue weighted by molar-refractivity contribution is 6.32. The number of hydrogen-bond donors (Lipinski definition) is 0. The van der Waals surface area contributed by atoms with Crippen LogP contribution in [0.4, 0.5) is 13.2 Å². The van der Waals surface area contributed by atoms with Gasteiger partial charge in [-0.3, -0.25) is 0 Å². The molecule has 0 saturated heterocycles. The van der Waals surface area contributed by atoms with Gasteiger partial charge in [-0.1, -0.05) is 23.7 Å². The number of nitrogens with zero attached hydrogens (tertiary/aromatic N) is 2. The minimum atomic E-state index is -4.39. The van der Waals surface area contributed by atoms with Crippen LogP contribution in [0.3, 0.4) is 0 Å². The zero-order valence-corrected chi connectivity index (χ0v) is 13.5. The molecule has 3 aromatic rings. The van der Waals surface area contributed by atoms with E-state index in [9.17, 15) is 13.2 Å². The summed E-state index contributed by atoms with van der Waals surface area (Å²) in [5, 5.41) is 0.469. The molecule has 0 radical (unpaired) electrons. The molecule has 1 heterocycles. The van der Waals surface area contributed by atoms with E-state index in [1.54, 1.807) is 24.3 Å². The second kappa shape index (κ2) is 6.36. The third-order valence-corrected chi connectivity index (χ3v) is 3.98. The van der Waals surface area contributed by atoms with Gasteiger partial charge < -0.3 is 9.30 Å². The van der Waals surface area contributed by atoms with Crippen LogP contribution >= 0.6 is 11.6 Å². The van der Waals surface area contributed by atoms with Crippen molar-refractivity contribution in [1.29, 1.82) is 0 Å². The molecule has 126 valence electrons. The third-order valence-electron chi connectivity index (χ3n) is 3.66. The molecule has 0 aliphatic rings. The van der Waals surface area contributed by atoms with Crippen molar-refractivity contribution in [3.63, 3.8) is 0 Å². The van der Waals surface area contributed by atoms with Crippen molar-refractivity contribution in [2.45, 2.75) is 26.3 Å². The van der Waals surface area contributed by atoms with Gasteiger partial charge in [-0.05, 0) is 37.3 Å². The molecule has 0 saturated carbocycles. The first-order chi connectivity index (χ1) is 11.4. The van der Waals surface area contributed by atoms with Gasteiger partial charge in [0.2, 0.25) is 0 Å². The molecular weight excluding hydrogens is 341 g/mol. The lowest BCUT2D eigenvalue weighted by Gasteiger charge is -2.09. The number of aryl methyl sites for hydroxylation is 1. The molecule has 0 spiro atoms. The number of hydrogen-bond acceptors (Lipinski definition) is 2. The number of benzene rings is 2. The Kier molecular flexibility index (Phi) is 4.41.